The van der Waals surface area contributed by atoms with Crippen LogP contribution in [0, 0.1) is 4.77 Å². The van der Waals surface area contributed by atoms with Crippen molar-refractivity contribution in [2.45, 2.75) is 13.5 Å². The standard InChI is InChI=1S/C18H18N6O3S/c1-2-27-16(26)13-5-3-12(4-6-13)15(25)11-23-18(28)24(17(19)22-23)21-14-7-9-20-10-8-14/h3-10H,2,11H2,1H3,(H2,19,22)(H,20,21). The van der Waals surface area contributed by atoms with E-state index in [0.717, 1.165) is 5.69 Å². The summed E-state index contributed by atoms with van der Waals surface area (Å²) < 4.78 is 7.90. The fraction of sp³-hybridized carbons (Fsp3) is 0.167. The molecule has 3 N–H and O–H groups in total. The van der Waals surface area contributed by atoms with Crippen LogP contribution in [0.5, 0.6) is 0 Å². The molecule has 0 aliphatic rings. The minimum Gasteiger partial charge on any atom is -0.462 e. The van der Waals surface area contributed by atoms with Crippen LogP contribution in [-0.2, 0) is 11.3 Å². The number of nitrogen functional groups attached to an aromatic ring is 1. The fourth-order valence-corrected chi connectivity index (χ4v) is 2.67. The molecule has 2 aromatic heterocycles. The Bertz CT molecular complexity index is 1040. The second kappa shape index (κ2) is 8.44. The molecule has 0 aliphatic heterocycles. The van der Waals surface area contributed by atoms with Crippen LogP contribution in [0.3, 0.4) is 0 Å². The molecule has 0 fully saturated rings. The number of aromatic nitrogens is 4. The highest BCUT2D eigenvalue weighted by Crippen LogP contribution is 2.11. The normalized spacial score (nSPS) is 10.5. The number of ether oxygens (including phenoxy) is 1. The van der Waals surface area contributed by atoms with E-state index in [-0.39, 0.29) is 29.7 Å². The molecule has 0 radical (unpaired) electrons. The van der Waals surface area contributed by atoms with Gasteiger partial charge in [0.15, 0.2) is 5.78 Å². The maximum Gasteiger partial charge on any atom is 0.338 e. The van der Waals surface area contributed by atoms with Crippen LogP contribution >= 0.6 is 12.2 Å². The first-order valence-electron chi connectivity index (χ1n) is 8.42. The number of nitrogens with zero attached hydrogens (tertiary/aromatic N) is 4. The molecule has 2 heterocycles. The molecule has 0 bridgehead atoms. The van der Waals surface area contributed by atoms with Crippen molar-refractivity contribution in [3.8, 4) is 0 Å². The molecular weight excluding hydrogens is 380 g/mol. The highest BCUT2D eigenvalue weighted by molar-refractivity contribution is 7.71. The summed E-state index contributed by atoms with van der Waals surface area (Å²) in [5.41, 5.74) is 10.4. The van der Waals surface area contributed by atoms with Gasteiger partial charge in [-0.05, 0) is 43.4 Å². The number of hydrogen-bond acceptors (Lipinski definition) is 8. The van der Waals surface area contributed by atoms with Gasteiger partial charge in [0.1, 0.15) is 6.54 Å². The summed E-state index contributed by atoms with van der Waals surface area (Å²) in [5.74, 6) is -0.537. The molecule has 0 aliphatic carbocycles. The number of rotatable bonds is 7. The summed E-state index contributed by atoms with van der Waals surface area (Å²) in [4.78, 5) is 28.2. The monoisotopic (exact) mass is 398 g/mol. The minimum absolute atomic E-state index is 0.0905. The fourth-order valence-electron chi connectivity index (χ4n) is 2.42. The molecule has 0 saturated carbocycles. The molecule has 1 aromatic carbocycles. The Labute approximate surface area is 165 Å². The number of esters is 1. The Morgan fingerprint density at radius 3 is 2.43 bits per heavy atom. The van der Waals surface area contributed by atoms with E-state index in [9.17, 15) is 9.59 Å². The van der Waals surface area contributed by atoms with Crippen molar-refractivity contribution in [1.29, 1.82) is 0 Å². The molecule has 0 atom stereocenters. The van der Waals surface area contributed by atoms with Crippen LogP contribution in [-0.4, -0.2) is 37.8 Å². The van der Waals surface area contributed by atoms with Gasteiger partial charge in [-0.1, -0.05) is 12.1 Å². The Morgan fingerprint density at radius 1 is 1.14 bits per heavy atom. The Hall–Kier alpha value is -3.53. The van der Waals surface area contributed by atoms with Gasteiger partial charge in [-0.3, -0.25) is 15.2 Å². The second-order valence-electron chi connectivity index (χ2n) is 5.70. The summed E-state index contributed by atoms with van der Waals surface area (Å²) in [6.45, 7) is 1.93. The van der Waals surface area contributed by atoms with Gasteiger partial charge in [-0.2, -0.15) is 4.68 Å². The second-order valence-corrected chi connectivity index (χ2v) is 6.07. The number of pyridine rings is 1. The Morgan fingerprint density at radius 2 is 1.79 bits per heavy atom. The summed E-state index contributed by atoms with van der Waals surface area (Å²) in [5, 5.41) is 4.12. The first-order chi connectivity index (χ1) is 13.5. The number of anilines is 2. The van der Waals surface area contributed by atoms with Crippen LogP contribution < -0.4 is 11.2 Å². The summed E-state index contributed by atoms with van der Waals surface area (Å²) in [6, 6.07) is 9.70. The van der Waals surface area contributed by atoms with Crippen molar-refractivity contribution in [2.24, 2.45) is 0 Å². The molecule has 3 aromatic rings. The smallest absolute Gasteiger partial charge is 0.338 e. The highest BCUT2D eigenvalue weighted by atomic mass is 32.1. The summed E-state index contributed by atoms with van der Waals surface area (Å²) in [6.07, 6.45) is 3.24. The van der Waals surface area contributed by atoms with Crippen LogP contribution in [0.25, 0.3) is 0 Å². The largest absolute Gasteiger partial charge is 0.462 e. The summed E-state index contributed by atoms with van der Waals surface area (Å²) >= 11 is 5.36. The molecule has 0 spiro atoms. The van der Waals surface area contributed by atoms with Gasteiger partial charge in [-0.15, -0.1) is 5.10 Å². The number of ketones is 1. The van der Waals surface area contributed by atoms with E-state index in [0.29, 0.717) is 11.1 Å². The quantitative estimate of drug-likeness (QED) is 0.354. The van der Waals surface area contributed by atoms with Gasteiger partial charge >= 0.3 is 5.97 Å². The lowest BCUT2D eigenvalue weighted by Gasteiger charge is -2.07. The lowest BCUT2D eigenvalue weighted by atomic mass is 10.1. The van der Waals surface area contributed by atoms with Gasteiger partial charge in [0.25, 0.3) is 0 Å². The lowest BCUT2D eigenvalue weighted by Crippen LogP contribution is -2.15. The van der Waals surface area contributed by atoms with Crippen LogP contribution in [0.15, 0.2) is 48.8 Å². The predicted octanol–water partition coefficient (Wildman–Crippen LogP) is 2.33. The van der Waals surface area contributed by atoms with Crippen LogP contribution in [0.2, 0.25) is 0 Å². The van der Waals surface area contributed by atoms with Crippen molar-refractivity contribution >= 4 is 35.6 Å². The van der Waals surface area contributed by atoms with Gasteiger partial charge in [0.05, 0.1) is 17.9 Å². The van der Waals surface area contributed by atoms with E-state index < -0.39 is 5.97 Å². The average Bonchev–Trinajstić information content (AvgIpc) is 2.96. The van der Waals surface area contributed by atoms with Gasteiger partial charge in [0.2, 0.25) is 10.7 Å². The average molecular weight is 398 g/mol. The van der Waals surface area contributed by atoms with E-state index in [1.807, 2.05) is 0 Å². The zero-order valence-electron chi connectivity index (χ0n) is 15.0. The van der Waals surface area contributed by atoms with Crippen LogP contribution in [0.4, 0.5) is 11.6 Å². The zero-order valence-corrected chi connectivity index (χ0v) is 15.8. The number of nitrogens with one attached hydrogen (secondary N) is 1. The number of carbonyl (C=O) groups is 2. The SMILES string of the molecule is CCOC(=O)c1ccc(C(=O)Cn2nc(N)n(Nc3ccncc3)c2=S)cc1. The molecule has 144 valence electrons. The maximum absolute atomic E-state index is 12.5. The lowest BCUT2D eigenvalue weighted by molar-refractivity contribution is 0.0526. The number of Topliss-reactive ketones (excluding diaryl/α,β-unsaturated/α-hetero) is 1. The number of benzene rings is 1. The van der Waals surface area contributed by atoms with E-state index in [2.05, 4.69) is 15.5 Å². The molecule has 3 rings (SSSR count). The molecule has 0 unspecified atom stereocenters. The topological polar surface area (TPSA) is 117 Å². The number of nitrogens with two attached hydrogens (primary N) is 1. The van der Waals surface area contributed by atoms with Crippen molar-refractivity contribution < 1.29 is 14.3 Å². The van der Waals surface area contributed by atoms with Gasteiger partial charge < -0.3 is 10.5 Å². The third-order valence-electron chi connectivity index (χ3n) is 3.80. The molecule has 0 amide bonds. The van der Waals surface area contributed by atoms with Crippen molar-refractivity contribution in [3.63, 3.8) is 0 Å². The van der Waals surface area contributed by atoms with Crippen LogP contribution in [0.1, 0.15) is 27.6 Å². The molecule has 0 saturated heterocycles. The third-order valence-corrected chi connectivity index (χ3v) is 4.19. The first-order valence-corrected chi connectivity index (χ1v) is 8.83. The Kier molecular flexibility index (Phi) is 5.80. The number of hydrogen-bond donors (Lipinski definition) is 2. The molecule has 9 nitrogen and oxygen atoms in total. The minimum atomic E-state index is -0.433. The highest BCUT2D eigenvalue weighted by Gasteiger charge is 2.14. The van der Waals surface area contributed by atoms with E-state index in [1.165, 1.54) is 9.36 Å². The predicted molar refractivity (Wildman–Crippen MR) is 105 cm³/mol. The molecule has 28 heavy (non-hydrogen) atoms. The van der Waals surface area contributed by atoms with Gasteiger partial charge in [-0.25, -0.2) is 9.48 Å². The zero-order chi connectivity index (χ0) is 20.1. The van der Waals surface area contributed by atoms with Crippen molar-refractivity contribution in [3.05, 3.63) is 64.7 Å². The Balaban J connectivity index is 1.75. The summed E-state index contributed by atoms with van der Waals surface area (Å²) in [7, 11) is 0. The number of carbonyl (C=O) groups excluding carboxylic acids is 2. The molecule has 10 heteroatoms. The maximum atomic E-state index is 12.5. The van der Waals surface area contributed by atoms with Crippen molar-refractivity contribution in [2.75, 3.05) is 17.8 Å². The van der Waals surface area contributed by atoms with E-state index >= 15 is 0 Å². The molecular formula is C18H18N6O3S. The van der Waals surface area contributed by atoms with Gasteiger partial charge in [0, 0.05) is 18.0 Å². The van der Waals surface area contributed by atoms with Crippen molar-refractivity contribution in [1.82, 2.24) is 19.4 Å². The first kappa shape index (κ1) is 19.2. The van der Waals surface area contributed by atoms with E-state index in [4.69, 9.17) is 22.7 Å². The van der Waals surface area contributed by atoms with E-state index in [1.54, 1.807) is 55.7 Å². The third kappa shape index (κ3) is 4.23.